The number of aromatic nitrogens is 1. The summed E-state index contributed by atoms with van der Waals surface area (Å²) in [5.74, 6) is 0.249. The summed E-state index contributed by atoms with van der Waals surface area (Å²) in [6, 6.07) is 11.6. The van der Waals surface area contributed by atoms with E-state index in [-0.39, 0.29) is 17.7 Å². The largest absolute Gasteiger partial charge is 0.493 e. The number of anilines is 1. The van der Waals surface area contributed by atoms with E-state index in [0.717, 1.165) is 22.0 Å². The van der Waals surface area contributed by atoms with Crippen LogP contribution in [0.4, 0.5) is 5.69 Å². The molecule has 0 spiro atoms. The highest BCUT2D eigenvalue weighted by atomic mass is 32.2. The van der Waals surface area contributed by atoms with Crippen LogP contribution in [-0.4, -0.2) is 54.4 Å². The topological polar surface area (TPSA) is 118 Å². The SMILES string of the molecule is COc1cc2c(cc1OC)C(=O)N1C=C(c3ccc4ncccc4c3)C[C@H]1[C@H](S(=O)(=O)O)N2. The third-order valence-electron chi connectivity index (χ3n) is 6.01. The first-order chi connectivity index (χ1) is 15.8. The molecule has 0 saturated carbocycles. The van der Waals surface area contributed by atoms with Gasteiger partial charge < -0.3 is 19.7 Å². The normalized spacial score (nSPS) is 19.9. The maximum Gasteiger partial charge on any atom is 0.288 e. The van der Waals surface area contributed by atoms with Gasteiger partial charge in [0.15, 0.2) is 16.9 Å². The number of amides is 1. The number of carbonyl (C=O) groups is 1. The Bertz CT molecular complexity index is 1420. The number of hydrogen-bond donors (Lipinski definition) is 2. The minimum Gasteiger partial charge on any atom is -0.493 e. The number of nitrogens with zero attached hydrogens (tertiary/aromatic N) is 2. The summed E-state index contributed by atoms with van der Waals surface area (Å²) >= 11 is 0. The van der Waals surface area contributed by atoms with E-state index in [9.17, 15) is 17.8 Å². The van der Waals surface area contributed by atoms with E-state index in [1.54, 1.807) is 12.4 Å². The average Bonchev–Trinajstić information content (AvgIpc) is 3.21. The van der Waals surface area contributed by atoms with Crippen molar-refractivity contribution in [2.24, 2.45) is 0 Å². The van der Waals surface area contributed by atoms with Crippen molar-refractivity contribution in [1.82, 2.24) is 9.88 Å². The molecular formula is C23H21N3O6S. The molecule has 2 aromatic carbocycles. The highest BCUT2D eigenvalue weighted by Crippen LogP contribution is 2.41. The maximum atomic E-state index is 13.5. The van der Waals surface area contributed by atoms with Crippen molar-refractivity contribution >= 4 is 38.2 Å². The highest BCUT2D eigenvalue weighted by Gasteiger charge is 2.45. The third kappa shape index (κ3) is 3.57. The molecule has 5 rings (SSSR count). The molecule has 33 heavy (non-hydrogen) atoms. The van der Waals surface area contributed by atoms with Gasteiger partial charge in [0.1, 0.15) is 0 Å². The molecule has 0 radical (unpaired) electrons. The number of carbonyl (C=O) groups excluding carboxylic acids is 1. The van der Waals surface area contributed by atoms with Crippen molar-refractivity contribution in [1.29, 1.82) is 0 Å². The minimum atomic E-state index is -4.57. The monoisotopic (exact) mass is 467 g/mol. The van der Waals surface area contributed by atoms with Crippen LogP contribution in [0.2, 0.25) is 0 Å². The summed E-state index contributed by atoms with van der Waals surface area (Å²) in [7, 11) is -1.68. The first-order valence-corrected chi connectivity index (χ1v) is 11.7. The van der Waals surface area contributed by atoms with E-state index < -0.39 is 27.4 Å². The molecule has 0 fully saturated rings. The Kier molecular flexibility index (Phi) is 4.98. The van der Waals surface area contributed by atoms with Gasteiger partial charge in [-0.05, 0) is 41.8 Å². The van der Waals surface area contributed by atoms with Crippen LogP contribution < -0.4 is 14.8 Å². The molecule has 2 aliphatic heterocycles. The second-order valence-corrected chi connectivity index (χ2v) is 9.42. The number of fused-ring (bicyclic) bond motifs is 3. The summed E-state index contributed by atoms with van der Waals surface area (Å²) in [6.07, 6.45) is 3.59. The van der Waals surface area contributed by atoms with Crippen LogP contribution in [-0.2, 0) is 10.1 Å². The van der Waals surface area contributed by atoms with E-state index in [0.29, 0.717) is 11.5 Å². The molecule has 10 heteroatoms. The Morgan fingerprint density at radius 2 is 1.88 bits per heavy atom. The van der Waals surface area contributed by atoms with Gasteiger partial charge in [-0.15, -0.1) is 0 Å². The zero-order valence-electron chi connectivity index (χ0n) is 17.8. The van der Waals surface area contributed by atoms with E-state index >= 15 is 0 Å². The molecule has 170 valence electrons. The molecule has 2 aliphatic rings. The Morgan fingerprint density at radius 3 is 2.61 bits per heavy atom. The first kappa shape index (κ1) is 21.2. The molecule has 0 bridgehead atoms. The van der Waals surface area contributed by atoms with Crippen LogP contribution in [0, 0.1) is 0 Å². The number of ether oxygens (including phenoxy) is 2. The zero-order valence-corrected chi connectivity index (χ0v) is 18.7. The molecule has 0 saturated heterocycles. The lowest BCUT2D eigenvalue weighted by molar-refractivity contribution is 0.0791. The molecule has 3 aromatic rings. The number of pyridine rings is 1. The van der Waals surface area contributed by atoms with Gasteiger partial charge in [-0.2, -0.15) is 8.42 Å². The fourth-order valence-corrected chi connectivity index (χ4v) is 5.31. The summed E-state index contributed by atoms with van der Waals surface area (Å²) < 4.78 is 45.4. The molecule has 2 N–H and O–H groups in total. The number of methoxy groups -OCH3 is 2. The lowest BCUT2D eigenvalue weighted by atomic mass is 10.0. The van der Waals surface area contributed by atoms with Crippen LogP contribution in [0.25, 0.3) is 16.5 Å². The lowest BCUT2D eigenvalue weighted by Crippen LogP contribution is -2.46. The van der Waals surface area contributed by atoms with Gasteiger partial charge in [0, 0.05) is 23.8 Å². The van der Waals surface area contributed by atoms with Crippen molar-refractivity contribution in [2.75, 3.05) is 19.5 Å². The minimum absolute atomic E-state index is 0.212. The van der Waals surface area contributed by atoms with E-state index in [4.69, 9.17) is 9.47 Å². The molecule has 1 aromatic heterocycles. The van der Waals surface area contributed by atoms with Crippen LogP contribution in [0.3, 0.4) is 0 Å². The lowest BCUT2D eigenvalue weighted by Gasteiger charge is -2.26. The second kappa shape index (κ2) is 7.75. The summed E-state index contributed by atoms with van der Waals surface area (Å²) in [4.78, 5) is 19.2. The molecular weight excluding hydrogens is 446 g/mol. The molecule has 3 heterocycles. The fraction of sp³-hybridized carbons (Fsp3) is 0.217. The average molecular weight is 468 g/mol. The molecule has 0 unspecified atom stereocenters. The number of rotatable bonds is 4. The fourth-order valence-electron chi connectivity index (χ4n) is 4.41. The Labute approximate surface area is 190 Å². The van der Waals surface area contributed by atoms with Crippen molar-refractivity contribution in [3.05, 3.63) is 66.0 Å². The molecule has 9 nitrogen and oxygen atoms in total. The van der Waals surface area contributed by atoms with Crippen LogP contribution in [0.1, 0.15) is 22.3 Å². The van der Waals surface area contributed by atoms with Crippen LogP contribution >= 0.6 is 0 Å². The predicted octanol–water partition coefficient (Wildman–Crippen LogP) is 3.15. The Hall–Kier alpha value is -3.63. The number of benzene rings is 2. The standard InChI is InChI=1S/C23H21N3O6S/c1-31-20-10-16-18(11-21(20)32-2)25-22(33(28,29)30)19-9-15(12-26(19)23(16)27)13-5-6-17-14(8-13)4-3-7-24-17/h3-8,10-12,19,22,25H,9H2,1-2H3,(H,28,29,30)/t19-,22-/m0/s1. The quantitative estimate of drug-likeness (QED) is 0.562. The van der Waals surface area contributed by atoms with Gasteiger partial charge in [0.2, 0.25) is 0 Å². The highest BCUT2D eigenvalue weighted by molar-refractivity contribution is 7.86. The number of nitrogens with one attached hydrogen (secondary N) is 1. The first-order valence-electron chi connectivity index (χ1n) is 10.2. The Balaban J connectivity index is 1.63. The van der Waals surface area contributed by atoms with Crippen LogP contribution in [0.15, 0.2) is 54.9 Å². The predicted molar refractivity (Wildman–Crippen MR) is 123 cm³/mol. The molecule has 2 atom stereocenters. The van der Waals surface area contributed by atoms with Gasteiger partial charge in [0.25, 0.3) is 16.0 Å². The van der Waals surface area contributed by atoms with Gasteiger partial charge >= 0.3 is 0 Å². The van der Waals surface area contributed by atoms with E-state index in [1.165, 1.54) is 31.3 Å². The van der Waals surface area contributed by atoms with Gasteiger partial charge in [0.05, 0.1) is 37.0 Å². The van der Waals surface area contributed by atoms with Crippen molar-refractivity contribution in [2.45, 2.75) is 17.8 Å². The van der Waals surface area contributed by atoms with Gasteiger partial charge in [-0.1, -0.05) is 12.1 Å². The zero-order chi connectivity index (χ0) is 23.3. The molecule has 0 aliphatic carbocycles. The Morgan fingerprint density at radius 1 is 1.12 bits per heavy atom. The van der Waals surface area contributed by atoms with Gasteiger partial charge in [-0.25, -0.2) is 0 Å². The number of hydrogen-bond acceptors (Lipinski definition) is 7. The smallest absolute Gasteiger partial charge is 0.288 e. The summed E-state index contributed by atoms with van der Waals surface area (Å²) in [5.41, 5.74) is 2.90. The summed E-state index contributed by atoms with van der Waals surface area (Å²) in [6.45, 7) is 0. The molecule has 1 amide bonds. The second-order valence-electron chi connectivity index (χ2n) is 7.88. The van der Waals surface area contributed by atoms with Crippen molar-refractivity contribution in [3.63, 3.8) is 0 Å². The van der Waals surface area contributed by atoms with E-state index in [2.05, 4.69) is 10.3 Å². The van der Waals surface area contributed by atoms with Crippen LogP contribution in [0.5, 0.6) is 11.5 Å². The van der Waals surface area contributed by atoms with E-state index in [1.807, 2.05) is 30.3 Å². The maximum absolute atomic E-state index is 13.5. The summed E-state index contributed by atoms with van der Waals surface area (Å²) in [5, 5.41) is 2.34. The van der Waals surface area contributed by atoms with Gasteiger partial charge in [-0.3, -0.25) is 14.3 Å². The third-order valence-corrected chi connectivity index (χ3v) is 7.09. The van der Waals surface area contributed by atoms with Crippen molar-refractivity contribution < 1.29 is 27.2 Å². The van der Waals surface area contributed by atoms with Crippen molar-refractivity contribution in [3.8, 4) is 11.5 Å².